The number of aromatic nitrogens is 1. The van der Waals surface area contributed by atoms with Crippen LogP contribution in [0.4, 0.5) is 0 Å². The van der Waals surface area contributed by atoms with Crippen molar-refractivity contribution >= 4 is 12.0 Å². The van der Waals surface area contributed by atoms with Crippen LogP contribution >= 0.6 is 0 Å². The molecule has 0 N–H and O–H groups in total. The van der Waals surface area contributed by atoms with Gasteiger partial charge in [0.1, 0.15) is 0 Å². The molecule has 1 aromatic heterocycles. The second-order valence-electron chi connectivity index (χ2n) is 4.23. The van der Waals surface area contributed by atoms with E-state index in [0.29, 0.717) is 12.3 Å². The lowest BCUT2D eigenvalue weighted by Gasteiger charge is -2.29. The van der Waals surface area contributed by atoms with Crippen LogP contribution in [0.25, 0.3) is 6.08 Å². The smallest absolute Gasteiger partial charge is 0.222 e. The Morgan fingerprint density at radius 3 is 2.94 bits per heavy atom. The van der Waals surface area contributed by atoms with E-state index >= 15 is 0 Å². The fraction of sp³-hybridized carbons (Fsp3) is 0.385. The maximum absolute atomic E-state index is 11.4. The molecule has 2 heterocycles. The van der Waals surface area contributed by atoms with Gasteiger partial charge in [0.2, 0.25) is 5.91 Å². The summed E-state index contributed by atoms with van der Waals surface area (Å²) in [4.78, 5) is 17.5. The molecule has 16 heavy (non-hydrogen) atoms. The summed E-state index contributed by atoms with van der Waals surface area (Å²) in [6.45, 7) is 4.48. The highest BCUT2D eigenvalue weighted by Gasteiger charge is 2.23. The van der Waals surface area contributed by atoms with Crippen LogP contribution in [-0.2, 0) is 4.79 Å². The van der Waals surface area contributed by atoms with E-state index in [1.165, 1.54) is 5.56 Å². The molecule has 3 heteroatoms. The third-order valence-electron chi connectivity index (χ3n) is 3.12. The Labute approximate surface area is 95.8 Å². The van der Waals surface area contributed by atoms with Crippen LogP contribution in [0.2, 0.25) is 0 Å². The molecule has 1 saturated heterocycles. The molecule has 1 aliphatic rings. The van der Waals surface area contributed by atoms with E-state index in [4.69, 9.17) is 0 Å². The molecule has 0 unspecified atom stereocenters. The van der Waals surface area contributed by atoms with Gasteiger partial charge in [0.25, 0.3) is 0 Å². The Morgan fingerprint density at radius 2 is 2.38 bits per heavy atom. The summed E-state index contributed by atoms with van der Waals surface area (Å²) in [5.74, 6) is 0.668. The number of likely N-dealkylation sites (N-methyl/N-ethyl adjacent to an activating group) is 1. The van der Waals surface area contributed by atoms with Crippen LogP contribution in [0.1, 0.15) is 30.0 Å². The number of carbonyl (C=O) groups excluding carboxylic acids is 1. The van der Waals surface area contributed by atoms with E-state index in [1.54, 1.807) is 11.0 Å². The number of amides is 1. The summed E-state index contributed by atoms with van der Waals surface area (Å²) < 4.78 is 0. The molecule has 0 bridgehead atoms. The van der Waals surface area contributed by atoms with Crippen molar-refractivity contribution in [3.8, 4) is 0 Å². The first-order chi connectivity index (χ1) is 7.70. The maximum Gasteiger partial charge on any atom is 0.222 e. The highest BCUT2D eigenvalue weighted by Crippen LogP contribution is 2.26. The predicted octanol–water partition coefficient (Wildman–Crippen LogP) is 2.06. The highest BCUT2D eigenvalue weighted by molar-refractivity contribution is 5.76. The van der Waals surface area contributed by atoms with Crippen LogP contribution in [-0.4, -0.2) is 29.4 Å². The monoisotopic (exact) mass is 216 g/mol. The highest BCUT2D eigenvalue weighted by atomic mass is 16.2. The Bertz CT molecular complexity index is 397. The van der Waals surface area contributed by atoms with Crippen LogP contribution < -0.4 is 0 Å². The average Bonchev–Trinajstić information content (AvgIpc) is 2.33. The Hall–Kier alpha value is -1.64. The number of piperidine rings is 1. The summed E-state index contributed by atoms with van der Waals surface area (Å²) in [5.41, 5.74) is 2.11. The second-order valence-corrected chi connectivity index (χ2v) is 4.23. The summed E-state index contributed by atoms with van der Waals surface area (Å²) in [6, 6.07) is 4.05. The topological polar surface area (TPSA) is 33.2 Å². The minimum absolute atomic E-state index is 0.243. The molecule has 0 saturated carbocycles. The van der Waals surface area contributed by atoms with Gasteiger partial charge in [0.05, 0.1) is 5.69 Å². The number of likely N-dealkylation sites (tertiary alicyclic amines) is 1. The Morgan fingerprint density at radius 1 is 1.56 bits per heavy atom. The van der Waals surface area contributed by atoms with Crippen molar-refractivity contribution in [2.45, 2.75) is 18.8 Å². The zero-order valence-corrected chi connectivity index (χ0v) is 9.52. The van der Waals surface area contributed by atoms with Gasteiger partial charge in [-0.1, -0.05) is 12.6 Å². The molecule has 1 amide bonds. The van der Waals surface area contributed by atoms with Crippen molar-refractivity contribution in [3.63, 3.8) is 0 Å². The molecule has 84 valence electrons. The standard InChI is InChI=1S/C13H16N2O/c1-3-12-6-4-10(8-14-12)11-5-7-13(16)15(2)9-11/h3-4,6,8,11H,1,5,7,9H2,2H3/t11-/m1/s1. The fourth-order valence-electron chi connectivity index (χ4n) is 2.06. The normalized spacial score (nSPS) is 20.9. The fourth-order valence-corrected chi connectivity index (χ4v) is 2.06. The third-order valence-corrected chi connectivity index (χ3v) is 3.12. The zero-order chi connectivity index (χ0) is 11.5. The van der Waals surface area contributed by atoms with E-state index in [-0.39, 0.29) is 5.91 Å². The first-order valence-electron chi connectivity index (χ1n) is 5.53. The Kier molecular flexibility index (Phi) is 3.04. The van der Waals surface area contributed by atoms with E-state index in [0.717, 1.165) is 18.7 Å². The van der Waals surface area contributed by atoms with Gasteiger partial charge in [-0.25, -0.2) is 0 Å². The molecule has 1 atom stereocenters. The molecular formula is C13H16N2O. The minimum atomic E-state index is 0.243. The molecule has 1 fully saturated rings. The van der Waals surface area contributed by atoms with Gasteiger partial charge in [-0.3, -0.25) is 9.78 Å². The van der Waals surface area contributed by atoms with Gasteiger partial charge in [-0.2, -0.15) is 0 Å². The average molecular weight is 216 g/mol. The van der Waals surface area contributed by atoms with E-state index < -0.39 is 0 Å². The molecule has 0 radical (unpaired) electrons. The molecule has 0 aromatic carbocycles. The number of hydrogen-bond acceptors (Lipinski definition) is 2. The lowest BCUT2D eigenvalue weighted by Crippen LogP contribution is -2.35. The number of carbonyl (C=O) groups is 1. The van der Waals surface area contributed by atoms with Gasteiger partial charge in [-0.15, -0.1) is 0 Å². The first kappa shape index (κ1) is 10.9. The number of rotatable bonds is 2. The van der Waals surface area contributed by atoms with Crippen molar-refractivity contribution in [1.29, 1.82) is 0 Å². The number of nitrogens with zero attached hydrogens (tertiary/aromatic N) is 2. The summed E-state index contributed by atoms with van der Waals surface area (Å²) in [5, 5.41) is 0. The van der Waals surface area contributed by atoms with Crippen LogP contribution in [0.3, 0.4) is 0 Å². The van der Waals surface area contributed by atoms with Gasteiger partial charge in [0.15, 0.2) is 0 Å². The van der Waals surface area contributed by atoms with E-state index in [9.17, 15) is 4.79 Å². The lowest BCUT2D eigenvalue weighted by molar-refractivity contribution is -0.132. The van der Waals surface area contributed by atoms with Crippen LogP contribution in [0.5, 0.6) is 0 Å². The molecule has 0 spiro atoms. The van der Waals surface area contributed by atoms with Crippen molar-refractivity contribution in [2.75, 3.05) is 13.6 Å². The number of hydrogen-bond donors (Lipinski definition) is 0. The number of pyridine rings is 1. The van der Waals surface area contributed by atoms with Crippen molar-refractivity contribution in [1.82, 2.24) is 9.88 Å². The summed E-state index contributed by atoms with van der Waals surface area (Å²) >= 11 is 0. The molecular weight excluding hydrogens is 200 g/mol. The largest absolute Gasteiger partial charge is 0.345 e. The predicted molar refractivity (Wildman–Crippen MR) is 63.9 cm³/mol. The van der Waals surface area contributed by atoms with Crippen molar-refractivity contribution in [2.24, 2.45) is 0 Å². The molecule has 1 aromatic rings. The molecule has 2 rings (SSSR count). The van der Waals surface area contributed by atoms with Gasteiger partial charge >= 0.3 is 0 Å². The summed E-state index contributed by atoms with van der Waals surface area (Å²) in [6.07, 6.45) is 5.20. The van der Waals surface area contributed by atoms with Crippen molar-refractivity contribution in [3.05, 3.63) is 36.2 Å². The minimum Gasteiger partial charge on any atom is -0.345 e. The maximum atomic E-state index is 11.4. The van der Waals surface area contributed by atoms with Gasteiger partial charge in [0, 0.05) is 32.1 Å². The van der Waals surface area contributed by atoms with Crippen LogP contribution in [0, 0.1) is 0 Å². The molecule has 1 aliphatic heterocycles. The molecule has 0 aliphatic carbocycles. The van der Waals surface area contributed by atoms with E-state index in [2.05, 4.69) is 17.6 Å². The molecule has 3 nitrogen and oxygen atoms in total. The van der Waals surface area contributed by atoms with Gasteiger partial charge < -0.3 is 4.90 Å². The third kappa shape index (κ3) is 2.13. The lowest BCUT2D eigenvalue weighted by atomic mass is 9.91. The summed E-state index contributed by atoms with van der Waals surface area (Å²) in [7, 11) is 1.86. The van der Waals surface area contributed by atoms with Gasteiger partial charge in [-0.05, 0) is 24.1 Å². The quantitative estimate of drug-likeness (QED) is 0.758. The zero-order valence-electron chi connectivity index (χ0n) is 9.52. The first-order valence-corrected chi connectivity index (χ1v) is 5.53. The van der Waals surface area contributed by atoms with Crippen LogP contribution in [0.15, 0.2) is 24.9 Å². The SMILES string of the molecule is C=Cc1ccc([C@@H]2CCC(=O)N(C)C2)cn1. The van der Waals surface area contributed by atoms with Crippen molar-refractivity contribution < 1.29 is 4.79 Å². The second kappa shape index (κ2) is 4.47. The van der Waals surface area contributed by atoms with E-state index in [1.807, 2.05) is 19.3 Å². The Balaban J connectivity index is 2.12.